The number of carbonyl (C=O) groups excluding carboxylic acids is 1. The molecule has 0 radical (unpaired) electrons. The van der Waals surface area contributed by atoms with Crippen LogP contribution >= 0.6 is 0 Å². The van der Waals surface area contributed by atoms with E-state index in [0.717, 1.165) is 23.3 Å². The zero-order valence-corrected chi connectivity index (χ0v) is 15.2. The van der Waals surface area contributed by atoms with Crippen molar-refractivity contribution in [2.24, 2.45) is 0 Å². The predicted octanol–water partition coefficient (Wildman–Crippen LogP) is 2.30. The lowest BCUT2D eigenvalue weighted by Gasteiger charge is -2.06. The van der Waals surface area contributed by atoms with Crippen LogP contribution in [0.1, 0.15) is 11.1 Å². The smallest absolute Gasteiger partial charge is 0.263 e. The lowest BCUT2D eigenvalue weighted by Crippen LogP contribution is -2.27. The van der Waals surface area contributed by atoms with Gasteiger partial charge in [0, 0.05) is 19.3 Å². The standard InChI is InChI=1S/C21H23N3O3/c1-27-20-4-2-3-17(13-20)9-11-23-15-18(14-22)21(26)24-12-10-16-5-7-19(25)8-6-16/h2-8,13,15,23,25H,9-12H2,1H3,(H,24,26)/b18-15-. The van der Waals surface area contributed by atoms with Gasteiger partial charge in [-0.3, -0.25) is 4.79 Å². The lowest BCUT2D eigenvalue weighted by atomic mass is 10.1. The van der Waals surface area contributed by atoms with Gasteiger partial charge in [0.25, 0.3) is 5.91 Å². The Bertz CT molecular complexity index is 823. The number of nitrogens with zero attached hydrogens (tertiary/aromatic N) is 1. The number of benzene rings is 2. The first-order chi connectivity index (χ1) is 13.1. The van der Waals surface area contributed by atoms with Gasteiger partial charge in [0.2, 0.25) is 0 Å². The fourth-order valence-electron chi connectivity index (χ4n) is 2.45. The van der Waals surface area contributed by atoms with Gasteiger partial charge >= 0.3 is 0 Å². The maximum atomic E-state index is 12.1. The molecule has 3 N–H and O–H groups in total. The molecular weight excluding hydrogens is 342 g/mol. The summed E-state index contributed by atoms with van der Waals surface area (Å²) in [5.74, 6) is 0.594. The largest absolute Gasteiger partial charge is 0.508 e. The molecule has 6 nitrogen and oxygen atoms in total. The Morgan fingerprint density at radius 2 is 1.89 bits per heavy atom. The molecule has 0 bridgehead atoms. The van der Waals surface area contributed by atoms with Crippen LogP contribution in [0.4, 0.5) is 0 Å². The Morgan fingerprint density at radius 1 is 1.15 bits per heavy atom. The molecule has 0 aliphatic rings. The van der Waals surface area contributed by atoms with Crippen molar-refractivity contribution in [3.8, 4) is 17.6 Å². The topological polar surface area (TPSA) is 94.4 Å². The van der Waals surface area contributed by atoms with E-state index in [1.807, 2.05) is 30.3 Å². The number of carbonyl (C=O) groups is 1. The van der Waals surface area contributed by atoms with E-state index in [-0.39, 0.29) is 11.3 Å². The summed E-state index contributed by atoms with van der Waals surface area (Å²) in [7, 11) is 1.62. The summed E-state index contributed by atoms with van der Waals surface area (Å²) in [5, 5.41) is 24.1. The van der Waals surface area contributed by atoms with Gasteiger partial charge in [0.05, 0.1) is 7.11 Å². The maximum absolute atomic E-state index is 12.1. The Labute approximate surface area is 159 Å². The summed E-state index contributed by atoms with van der Waals surface area (Å²) in [6.07, 6.45) is 2.80. The van der Waals surface area contributed by atoms with E-state index in [4.69, 9.17) is 10.00 Å². The van der Waals surface area contributed by atoms with Crippen LogP contribution < -0.4 is 15.4 Å². The fraction of sp³-hybridized carbons (Fsp3) is 0.238. The number of hydrogen-bond acceptors (Lipinski definition) is 5. The molecule has 1 amide bonds. The number of hydrogen-bond donors (Lipinski definition) is 3. The molecule has 6 heteroatoms. The van der Waals surface area contributed by atoms with E-state index in [9.17, 15) is 9.90 Å². The quantitative estimate of drug-likeness (QED) is 0.360. The van der Waals surface area contributed by atoms with Crippen molar-refractivity contribution < 1.29 is 14.6 Å². The van der Waals surface area contributed by atoms with Crippen molar-refractivity contribution in [1.82, 2.24) is 10.6 Å². The summed E-state index contributed by atoms with van der Waals surface area (Å²) in [4.78, 5) is 12.1. The van der Waals surface area contributed by atoms with E-state index in [2.05, 4.69) is 10.6 Å². The molecule has 0 aromatic heterocycles. The molecule has 0 saturated carbocycles. The highest BCUT2D eigenvalue weighted by Crippen LogP contribution is 2.12. The van der Waals surface area contributed by atoms with Gasteiger partial charge < -0.3 is 20.5 Å². The first kappa shape index (κ1) is 19.9. The molecule has 0 heterocycles. The van der Waals surface area contributed by atoms with Crippen LogP contribution in [0.2, 0.25) is 0 Å². The molecular formula is C21H23N3O3. The van der Waals surface area contributed by atoms with Gasteiger partial charge in [-0.15, -0.1) is 0 Å². The Hall–Kier alpha value is -3.46. The van der Waals surface area contributed by atoms with Gasteiger partial charge in [-0.25, -0.2) is 0 Å². The summed E-state index contributed by atoms with van der Waals surface area (Å²) in [6.45, 7) is 1.01. The Balaban J connectivity index is 1.76. The lowest BCUT2D eigenvalue weighted by molar-refractivity contribution is -0.117. The molecule has 2 aromatic carbocycles. The van der Waals surface area contributed by atoms with Crippen LogP contribution in [0, 0.1) is 11.3 Å². The van der Waals surface area contributed by atoms with Crippen LogP contribution in [0.25, 0.3) is 0 Å². The van der Waals surface area contributed by atoms with Crippen LogP contribution in [-0.2, 0) is 17.6 Å². The molecule has 0 atom stereocenters. The fourth-order valence-corrected chi connectivity index (χ4v) is 2.45. The molecule has 0 aliphatic carbocycles. The summed E-state index contributed by atoms with van der Waals surface area (Å²) in [5.41, 5.74) is 2.13. The second-order valence-electron chi connectivity index (χ2n) is 5.90. The summed E-state index contributed by atoms with van der Waals surface area (Å²) in [6, 6.07) is 16.5. The molecule has 2 rings (SSSR count). The molecule has 0 saturated heterocycles. The average molecular weight is 365 g/mol. The van der Waals surface area contributed by atoms with E-state index in [1.165, 1.54) is 6.20 Å². The van der Waals surface area contributed by atoms with E-state index >= 15 is 0 Å². The molecule has 140 valence electrons. The highest BCUT2D eigenvalue weighted by atomic mass is 16.5. The van der Waals surface area contributed by atoms with Crippen molar-refractivity contribution in [1.29, 1.82) is 5.26 Å². The van der Waals surface area contributed by atoms with E-state index < -0.39 is 5.91 Å². The Kier molecular flexibility index (Phi) is 7.73. The van der Waals surface area contributed by atoms with Crippen molar-refractivity contribution in [3.05, 3.63) is 71.4 Å². The van der Waals surface area contributed by atoms with Crippen molar-refractivity contribution in [3.63, 3.8) is 0 Å². The summed E-state index contributed by atoms with van der Waals surface area (Å²) >= 11 is 0. The molecule has 0 fully saturated rings. The molecule has 0 aliphatic heterocycles. The highest BCUT2D eigenvalue weighted by Gasteiger charge is 2.08. The second kappa shape index (κ2) is 10.5. The van der Waals surface area contributed by atoms with Crippen molar-refractivity contribution in [2.45, 2.75) is 12.8 Å². The maximum Gasteiger partial charge on any atom is 0.263 e. The number of ether oxygens (including phenoxy) is 1. The van der Waals surface area contributed by atoms with Crippen LogP contribution in [0.5, 0.6) is 11.5 Å². The van der Waals surface area contributed by atoms with Crippen LogP contribution in [0.15, 0.2) is 60.3 Å². The zero-order valence-electron chi connectivity index (χ0n) is 15.2. The molecule has 2 aromatic rings. The monoisotopic (exact) mass is 365 g/mol. The van der Waals surface area contributed by atoms with Gasteiger partial charge in [-0.1, -0.05) is 24.3 Å². The predicted molar refractivity (Wildman–Crippen MR) is 103 cm³/mol. The number of nitrogens with one attached hydrogen (secondary N) is 2. The van der Waals surface area contributed by atoms with Gasteiger partial charge in [-0.05, 0) is 48.2 Å². The minimum Gasteiger partial charge on any atom is -0.508 e. The first-order valence-electron chi connectivity index (χ1n) is 8.65. The van der Waals surface area contributed by atoms with Crippen LogP contribution in [-0.4, -0.2) is 31.2 Å². The highest BCUT2D eigenvalue weighted by molar-refractivity contribution is 5.97. The van der Waals surface area contributed by atoms with Crippen molar-refractivity contribution in [2.75, 3.05) is 20.2 Å². The molecule has 27 heavy (non-hydrogen) atoms. The SMILES string of the molecule is COc1cccc(CCN/C=C(/C#N)C(=O)NCCc2ccc(O)cc2)c1. The first-order valence-corrected chi connectivity index (χ1v) is 8.65. The minimum absolute atomic E-state index is 0.0337. The normalized spacial score (nSPS) is 10.7. The number of aromatic hydroxyl groups is 1. The molecule has 0 unspecified atom stereocenters. The number of rotatable bonds is 9. The number of nitriles is 1. The number of amides is 1. The third kappa shape index (κ3) is 6.75. The van der Waals surface area contributed by atoms with E-state index in [0.29, 0.717) is 19.5 Å². The number of methoxy groups -OCH3 is 1. The summed E-state index contributed by atoms with van der Waals surface area (Å²) < 4.78 is 5.18. The molecule has 0 spiro atoms. The van der Waals surface area contributed by atoms with Gasteiger partial charge in [0.1, 0.15) is 23.1 Å². The van der Waals surface area contributed by atoms with Crippen molar-refractivity contribution >= 4 is 5.91 Å². The number of phenolic OH excluding ortho intramolecular Hbond substituents is 1. The Morgan fingerprint density at radius 3 is 2.59 bits per heavy atom. The van der Waals surface area contributed by atoms with Crippen LogP contribution in [0.3, 0.4) is 0 Å². The van der Waals surface area contributed by atoms with E-state index in [1.54, 1.807) is 31.4 Å². The average Bonchev–Trinajstić information content (AvgIpc) is 2.69. The number of phenols is 1. The van der Waals surface area contributed by atoms with Gasteiger partial charge in [0.15, 0.2) is 0 Å². The second-order valence-corrected chi connectivity index (χ2v) is 5.90. The minimum atomic E-state index is -0.412. The zero-order chi connectivity index (χ0) is 19.5. The third-order valence-electron chi connectivity index (χ3n) is 3.94. The van der Waals surface area contributed by atoms with Gasteiger partial charge in [-0.2, -0.15) is 5.26 Å². The third-order valence-corrected chi connectivity index (χ3v) is 3.94.